The number of hydrogen-bond donors (Lipinski definition) is 3. The normalized spacial score (nSPS) is 14.9. The Kier molecular flexibility index (Phi) is 4.55. The first kappa shape index (κ1) is 14.6. The molecule has 1 heterocycles. The Bertz CT molecular complexity index is 580. The van der Waals surface area contributed by atoms with Crippen molar-refractivity contribution in [3.05, 3.63) is 35.9 Å². The highest BCUT2D eigenvalue weighted by Gasteiger charge is 2.20. The first-order chi connectivity index (χ1) is 10.0. The zero-order chi connectivity index (χ0) is 15.2. The van der Waals surface area contributed by atoms with E-state index >= 15 is 0 Å². The molecule has 1 aliphatic rings. The number of rotatable bonds is 3. The van der Waals surface area contributed by atoms with Crippen LogP contribution in [0.1, 0.15) is 5.56 Å². The predicted molar refractivity (Wildman–Crippen MR) is 76.7 cm³/mol. The van der Waals surface area contributed by atoms with E-state index in [1.807, 2.05) is 0 Å². The van der Waals surface area contributed by atoms with Crippen LogP contribution in [0, 0.1) is 0 Å². The van der Waals surface area contributed by atoms with Gasteiger partial charge in [-0.25, -0.2) is 9.59 Å². The molecule has 0 bridgehead atoms. The summed E-state index contributed by atoms with van der Waals surface area (Å²) >= 11 is 0. The summed E-state index contributed by atoms with van der Waals surface area (Å²) in [6.45, 7) is 0.966. The molecule has 1 aromatic rings. The number of hydrogen-bond acceptors (Lipinski definition) is 3. The van der Waals surface area contributed by atoms with Crippen molar-refractivity contribution in [1.82, 2.24) is 10.2 Å². The lowest BCUT2D eigenvalue weighted by molar-refractivity contribution is -0.131. The molecule has 0 aliphatic carbocycles. The third-order valence-corrected chi connectivity index (χ3v) is 2.91. The Morgan fingerprint density at radius 1 is 1.29 bits per heavy atom. The summed E-state index contributed by atoms with van der Waals surface area (Å²) in [5.74, 6) is -1.19. The molecular weight excluding hydrogens is 274 g/mol. The second-order valence-electron chi connectivity index (χ2n) is 4.50. The largest absolute Gasteiger partial charge is 0.478 e. The highest BCUT2D eigenvalue weighted by molar-refractivity contribution is 5.93. The van der Waals surface area contributed by atoms with E-state index in [4.69, 9.17) is 5.11 Å². The molecule has 2 rings (SSSR count). The minimum Gasteiger partial charge on any atom is -0.478 e. The van der Waals surface area contributed by atoms with E-state index in [2.05, 4.69) is 10.6 Å². The van der Waals surface area contributed by atoms with Crippen LogP contribution in [0.2, 0.25) is 0 Å². The van der Waals surface area contributed by atoms with E-state index in [9.17, 15) is 14.4 Å². The maximum atomic E-state index is 12.0. The molecule has 0 aromatic heterocycles. The van der Waals surface area contributed by atoms with Crippen molar-refractivity contribution in [2.45, 2.75) is 0 Å². The van der Waals surface area contributed by atoms with Gasteiger partial charge in [0.05, 0.1) is 0 Å². The highest BCUT2D eigenvalue weighted by atomic mass is 16.4. The Morgan fingerprint density at radius 2 is 2.00 bits per heavy atom. The summed E-state index contributed by atoms with van der Waals surface area (Å²) in [4.78, 5) is 35.0. The molecule has 7 nitrogen and oxygen atoms in total. The topological polar surface area (TPSA) is 98.7 Å². The minimum atomic E-state index is -1.02. The molecule has 0 atom stereocenters. The van der Waals surface area contributed by atoms with Gasteiger partial charge in [0.15, 0.2) is 0 Å². The number of carbonyl (C=O) groups is 3. The van der Waals surface area contributed by atoms with Crippen molar-refractivity contribution < 1.29 is 19.5 Å². The molecule has 1 saturated heterocycles. The van der Waals surface area contributed by atoms with Crippen LogP contribution in [0.4, 0.5) is 10.5 Å². The lowest BCUT2D eigenvalue weighted by Gasteiger charge is -2.26. The van der Waals surface area contributed by atoms with Crippen LogP contribution in [0.25, 0.3) is 6.08 Å². The van der Waals surface area contributed by atoms with Crippen molar-refractivity contribution in [1.29, 1.82) is 0 Å². The highest BCUT2D eigenvalue weighted by Crippen LogP contribution is 2.12. The number of benzene rings is 1. The number of piperazine rings is 1. The van der Waals surface area contributed by atoms with Gasteiger partial charge in [0.1, 0.15) is 6.54 Å². The molecular formula is C14H15N3O4. The molecule has 0 unspecified atom stereocenters. The van der Waals surface area contributed by atoms with E-state index in [1.54, 1.807) is 24.3 Å². The molecule has 3 N–H and O–H groups in total. The molecule has 7 heteroatoms. The number of anilines is 1. The van der Waals surface area contributed by atoms with Crippen LogP contribution in [0.15, 0.2) is 30.3 Å². The first-order valence-corrected chi connectivity index (χ1v) is 6.38. The quantitative estimate of drug-likeness (QED) is 0.715. The monoisotopic (exact) mass is 289 g/mol. The summed E-state index contributed by atoms with van der Waals surface area (Å²) in [5, 5.41) is 13.9. The Balaban J connectivity index is 1.95. The van der Waals surface area contributed by atoms with Gasteiger partial charge in [-0.2, -0.15) is 0 Å². The smallest absolute Gasteiger partial charge is 0.328 e. The van der Waals surface area contributed by atoms with Gasteiger partial charge >= 0.3 is 12.0 Å². The number of amides is 3. The Hall–Kier alpha value is -2.83. The minimum absolute atomic E-state index is 0.0469. The molecule has 0 radical (unpaired) electrons. The van der Waals surface area contributed by atoms with E-state index in [-0.39, 0.29) is 18.5 Å². The van der Waals surface area contributed by atoms with Crippen molar-refractivity contribution >= 4 is 29.7 Å². The van der Waals surface area contributed by atoms with E-state index in [0.29, 0.717) is 24.3 Å². The Morgan fingerprint density at radius 3 is 2.62 bits per heavy atom. The number of urea groups is 1. The number of carboxylic acids is 1. The van der Waals surface area contributed by atoms with E-state index in [0.717, 1.165) is 6.08 Å². The van der Waals surface area contributed by atoms with Gasteiger partial charge in [-0.1, -0.05) is 12.1 Å². The summed E-state index contributed by atoms with van der Waals surface area (Å²) in [6.07, 6.45) is 2.50. The van der Waals surface area contributed by atoms with Crippen molar-refractivity contribution in [3.8, 4) is 0 Å². The fourth-order valence-corrected chi connectivity index (χ4v) is 1.86. The van der Waals surface area contributed by atoms with Crippen LogP contribution < -0.4 is 10.6 Å². The SMILES string of the molecule is O=C(O)/C=C/c1ccc(NC(=O)N2CCNC(=O)C2)cc1. The summed E-state index contributed by atoms with van der Waals surface area (Å²) in [6, 6.07) is 6.39. The lowest BCUT2D eigenvalue weighted by Crippen LogP contribution is -2.51. The maximum Gasteiger partial charge on any atom is 0.328 e. The summed E-state index contributed by atoms with van der Waals surface area (Å²) in [7, 11) is 0. The van der Waals surface area contributed by atoms with E-state index in [1.165, 1.54) is 11.0 Å². The third-order valence-electron chi connectivity index (χ3n) is 2.91. The standard InChI is InChI=1S/C14H15N3O4/c18-12-9-17(8-7-15-12)14(21)16-11-4-1-10(2-5-11)3-6-13(19)20/h1-6H,7-9H2,(H,15,18)(H,16,21)(H,19,20)/b6-3+. The number of aliphatic carboxylic acids is 1. The van der Waals surface area contributed by atoms with Crippen LogP contribution >= 0.6 is 0 Å². The molecule has 1 aromatic carbocycles. The van der Waals surface area contributed by atoms with Crippen LogP contribution in [-0.2, 0) is 9.59 Å². The van der Waals surface area contributed by atoms with Crippen LogP contribution in [0.3, 0.4) is 0 Å². The van der Waals surface area contributed by atoms with Gasteiger partial charge in [-0.3, -0.25) is 4.79 Å². The van der Waals surface area contributed by atoms with Crippen molar-refractivity contribution in [2.75, 3.05) is 25.0 Å². The van der Waals surface area contributed by atoms with Gasteiger partial charge in [0.2, 0.25) is 5.91 Å². The molecule has 0 saturated carbocycles. The molecule has 3 amide bonds. The molecule has 0 spiro atoms. The van der Waals surface area contributed by atoms with Crippen LogP contribution in [-0.4, -0.2) is 47.5 Å². The Labute approximate surface area is 121 Å². The van der Waals surface area contributed by atoms with Gasteiger partial charge in [-0.15, -0.1) is 0 Å². The fraction of sp³-hybridized carbons (Fsp3) is 0.214. The fourth-order valence-electron chi connectivity index (χ4n) is 1.86. The van der Waals surface area contributed by atoms with Crippen LogP contribution in [0.5, 0.6) is 0 Å². The van der Waals surface area contributed by atoms with Gasteiger partial charge < -0.3 is 20.6 Å². The summed E-state index contributed by atoms with van der Waals surface area (Å²) < 4.78 is 0. The molecule has 110 valence electrons. The number of carboxylic acid groups (broad SMARTS) is 1. The lowest BCUT2D eigenvalue weighted by atomic mass is 10.2. The average molecular weight is 289 g/mol. The number of carbonyl (C=O) groups excluding carboxylic acids is 2. The van der Waals surface area contributed by atoms with E-state index < -0.39 is 5.97 Å². The molecule has 1 fully saturated rings. The predicted octanol–water partition coefficient (Wildman–Crippen LogP) is 0.748. The first-order valence-electron chi connectivity index (χ1n) is 6.38. The molecule has 1 aliphatic heterocycles. The van der Waals surface area contributed by atoms with Gasteiger partial charge in [0, 0.05) is 24.9 Å². The van der Waals surface area contributed by atoms with Crippen molar-refractivity contribution in [3.63, 3.8) is 0 Å². The van der Waals surface area contributed by atoms with Gasteiger partial charge in [-0.05, 0) is 23.8 Å². The zero-order valence-electron chi connectivity index (χ0n) is 11.2. The van der Waals surface area contributed by atoms with Crippen molar-refractivity contribution in [2.24, 2.45) is 0 Å². The van der Waals surface area contributed by atoms with Gasteiger partial charge in [0.25, 0.3) is 0 Å². The second kappa shape index (κ2) is 6.56. The average Bonchev–Trinajstić information content (AvgIpc) is 2.46. The maximum absolute atomic E-state index is 12.0. The molecule has 21 heavy (non-hydrogen) atoms. The number of nitrogens with zero attached hydrogens (tertiary/aromatic N) is 1. The summed E-state index contributed by atoms with van der Waals surface area (Å²) in [5.41, 5.74) is 1.30. The third kappa shape index (κ3) is 4.34. The zero-order valence-corrected chi connectivity index (χ0v) is 11.2. The second-order valence-corrected chi connectivity index (χ2v) is 4.50. The number of nitrogens with one attached hydrogen (secondary N) is 2.